The molecule has 0 saturated heterocycles. The number of rotatable bonds is 5. The van der Waals surface area contributed by atoms with Gasteiger partial charge in [0.1, 0.15) is 24.0 Å². The lowest BCUT2D eigenvalue weighted by atomic mass is 10.1. The summed E-state index contributed by atoms with van der Waals surface area (Å²) in [6.07, 6.45) is 0. The maximum atomic E-state index is 12.6. The smallest absolute Gasteiger partial charge is 0.273 e. The summed E-state index contributed by atoms with van der Waals surface area (Å²) in [6.45, 7) is 0.711. The molecule has 2 aromatic carbocycles. The van der Waals surface area contributed by atoms with Crippen molar-refractivity contribution in [3.8, 4) is 17.5 Å². The van der Waals surface area contributed by atoms with E-state index in [4.69, 9.17) is 10.5 Å². The van der Waals surface area contributed by atoms with Crippen LogP contribution in [-0.2, 0) is 0 Å². The zero-order valence-electron chi connectivity index (χ0n) is 13.6. The Morgan fingerprint density at radius 1 is 1.19 bits per heavy atom. The normalized spacial score (nSPS) is 10.5. The van der Waals surface area contributed by atoms with Crippen molar-refractivity contribution in [2.24, 2.45) is 5.73 Å². The van der Waals surface area contributed by atoms with Gasteiger partial charge in [-0.3, -0.25) is 19.5 Å². The maximum absolute atomic E-state index is 12.6. The van der Waals surface area contributed by atoms with Gasteiger partial charge in [0, 0.05) is 29.8 Å². The van der Waals surface area contributed by atoms with Crippen molar-refractivity contribution in [1.29, 1.82) is 5.26 Å². The molecule has 0 radical (unpaired) electrons. The van der Waals surface area contributed by atoms with Crippen LogP contribution in [-0.4, -0.2) is 22.6 Å². The lowest BCUT2D eigenvalue weighted by molar-refractivity contribution is -0.384. The average Bonchev–Trinajstić information content (AvgIpc) is 2.66. The number of fused-ring (bicyclic) bond motifs is 1. The molecule has 3 aromatic rings. The Kier molecular flexibility index (Phi) is 4.64. The Labute approximate surface area is 147 Å². The molecular weight excluding hydrogens is 336 g/mol. The number of nitrogens with zero attached hydrogens (tertiary/aromatic N) is 3. The van der Waals surface area contributed by atoms with Gasteiger partial charge in [0.2, 0.25) is 0 Å². The third-order valence-corrected chi connectivity index (χ3v) is 3.80. The summed E-state index contributed by atoms with van der Waals surface area (Å²) in [5.41, 5.74) is 5.80. The molecule has 26 heavy (non-hydrogen) atoms. The molecule has 1 aromatic heterocycles. The third-order valence-electron chi connectivity index (χ3n) is 3.80. The first-order valence-electron chi connectivity index (χ1n) is 7.73. The molecule has 3 rings (SSSR count). The highest BCUT2D eigenvalue weighted by molar-refractivity contribution is 5.83. The average molecular weight is 350 g/mol. The van der Waals surface area contributed by atoms with Gasteiger partial charge in [0.25, 0.3) is 11.2 Å². The molecule has 2 N–H and O–H groups in total. The highest BCUT2D eigenvalue weighted by Crippen LogP contribution is 2.24. The number of aromatic nitrogens is 1. The Bertz CT molecular complexity index is 1080. The number of benzene rings is 2. The highest BCUT2D eigenvalue weighted by atomic mass is 16.6. The molecule has 0 aliphatic carbocycles. The second-order valence-corrected chi connectivity index (χ2v) is 5.44. The van der Waals surface area contributed by atoms with E-state index in [1.165, 1.54) is 34.9 Å². The zero-order chi connectivity index (χ0) is 18.7. The van der Waals surface area contributed by atoms with Crippen molar-refractivity contribution in [3.05, 3.63) is 74.6 Å². The predicted octanol–water partition coefficient (Wildman–Crippen LogP) is 2.11. The van der Waals surface area contributed by atoms with Crippen LogP contribution in [0.25, 0.3) is 16.6 Å². The summed E-state index contributed by atoms with van der Waals surface area (Å²) in [5.74, 6) is 0.570. The van der Waals surface area contributed by atoms with E-state index in [0.717, 1.165) is 0 Å². The summed E-state index contributed by atoms with van der Waals surface area (Å²) >= 11 is 0. The number of hydrogen-bond acceptors (Lipinski definition) is 6. The lowest BCUT2D eigenvalue weighted by Gasteiger charge is -2.12. The van der Waals surface area contributed by atoms with Crippen LogP contribution in [0.1, 0.15) is 5.56 Å². The first-order chi connectivity index (χ1) is 12.5. The SMILES string of the molecule is N#Cc1cc2cc(OCCN)ccc2n(-c2ccc([N+](=O)[O-])cc2)c1=O. The summed E-state index contributed by atoms with van der Waals surface area (Å²) in [6, 6.07) is 14.1. The van der Waals surface area contributed by atoms with Gasteiger partial charge in [-0.15, -0.1) is 0 Å². The molecule has 130 valence electrons. The van der Waals surface area contributed by atoms with E-state index in [-0.39, 0.29) is 11.3 Å². The van der Waals surface area contributed by atoms with Gasteiger partial charge in [-0.1, -0.05) is 0 Å². The number of ether oxygens (including phenoxy) is 1. The van der Waals surface area contributed by atoms with Crippen molar-refractivity contribution >= 4 is 16.6 Å². The molecule has 0 aliphatic rings. The molecule has 1 heterocycles. The van der Waals surface area contributed by atoms with Crippen LogP contribution in [0.5, 0.6) is 5.75 Å². The van der Waals surface area contributed by atoms with Crippen molar-refractivity contribution in [1.82, 2.24) is 4.57 Å². The van der Waals surface area contributed by atoms with Gasteiger partial charge in [-0.25, -0.2) is 0 Å². The third kappa shape index (κ3) is 3.11. The second-order valence-electron chi connectivity index (χ2n) is 5.44. The quantitative estimate of drug-likeness (QED) is 0.555. The molecular formula is C18H14N4O4. The minimum absolute atomic E-state index is 0.0353. The highest BCUT2D eigenvalue weighted by Gasteiger charge is 2.13. The number of non-ortho nitro benzene ring substituents is 1. The van der Waals surface area contributed by atoms with Crippen molar-refractivity contribution in [3.63, 3.8) is 0 Å². The maximum Gasteiger partial charge on any atom is 0.273 e. The molecule has 0 bridgehead atoms. The number of nitro groups is 1. The topological polar surface area (TPSA) is 124 Å². The fourth-order valence-corrected chi connectivity index (χ4v) is 2.63. The Morgan fingerprint density at radius 3 is 2.54 bits per heavy atom. The van der Waals surface area contributed by atoms with E-state index < -0.39 is 10.5 Å². The molecule has 0 saturated carbocycles. The standard InChI is InChI=1S/C18H14N4O4/c19-7-8-26-16-5-6-17-12(10-16)9-13(11-20)18(23)21(17)14-1-3-15(4-2-14)22(24)25/h1-6,9-10H,7-8,19H2. The summed E-state index contributed by atoms with van der Waals surface area (Å²) in [4.78, 5) is 23.0. The van der Waals surface area contributed by atoms with Crippen molar-refractivity contribution < 1.29 is 9.66 Å². The fourth-order valence-electron chi connectivity index (χ4n) is 2.63. The van der Waals surface area contributed by atoms with Crippen LogP contribution in [0.3, 0.4) is 0 Å². The number of nitriles is 1. The zero-order valence-corrected chi connectivity index (χ0v) is 13.6. The van der Waals surface area contributed by atoms with Gasteiger partial charge in [-0.2, -0.15) is 5.26 Å². The number of nitro benzene ring substituents is 1. The van der Waals surface area contributed by atoms with Gasteiger partial charge < -0.3 is 10.5 Å². The molecule has 0 aliphatic heterocycles. The molecule has 0 amide bonds. The van der Waals surface area contributed by atoms with Crippen molar-refractivity contribution in [2.45, 2.75) is 0 Å². The molecule has 8 heteroatoms. The van der Waals surface area contributed by atoms with Gasteiger partial charge in [0.05, 0.1) is 10.4 Å². The molecule has 0 atom stereocenters. The minimum Gasteiger partial charge on any atom is -0.492 e. The molecule has 0 fully saturated rings. The van der Waals surface area contributed by atoms with Crippen molar-refractivity contribution in [2.75, 3.05) is 13.2 Å². The number of hydrogen-bond donors (Lipinski definition) is 1. The van der Waals surface area contributed by atoms with Gasteiger partial charge >= 0.3 is 0 Å². The van der Waals surface area contributed by atoms with E-state index in [1.54, 1.807) is 18.2 Å². The number of nitrogens with two attached hydrogens (primary N) is 1. The Morgan fingerprint density at radius 2 is 1.92 bits per heavy atom. The van der Waals surface area contributed by atoms with Gasteiger partial charge in [0.15, 0.2) is 0 Å². The predicted molar refractivity (Wildman–Crippen MR) is 95.5 cm³/mol. The Balaban J connectivity index is 2.22. The first-order valence-corrected chi connectivity index (χ1v) is 7.73. The summed E-state index contributed by atoms with van der Waals surface area (Å²) in [5, 5.41) is 20.7. The summed E-state index contributed by atoms with van der Waals surface area (Å²) < 4.78 is 6.84. The fraction of sp³-hybridized carbons (Fsp3) is 0.111. The number of pyridine rings is 1. The van der Waals surface area contributed by atoms with E-state index in [1.807, 2.05) is 6.07 Å². The van der Waals surface area contributed by atoms with E-state index in [9.17, 15) is 20.2 Å². The van der Waals surface area contributed by atoms with Gasteiger partial charge in [-0.05, 0) is 36.4 Å². The van der Waals surface area contributed by atoms with Crippen LogP contribution in [0.4, 0.5) is 5.69 Å². The van der Waals surface area contributed by atoms with Crippen LogP contribution in [0, 0.1) is 21.4 Å². The monoisotopic (exact) mass is 350 g/mol. The molecule has 8 nitrogen and oxygen atoms in total. The van der Waals surface area contributed by atoms with Crippen LogP contribution < -0.4 is 16.0 Å². The van der Waals surface area contributed by atoms with Crippen LogP contribution in [0.15, 0.2) is 53.3 Å². The largest absolute Gasteiger partial charge is 0.492 e. The van der Waals surface area contributed by atoms with E-state index in [2.05, 4.69) is 0 Å². The molecule has 0 unspecified atom stereocenters. The Hall–Kier alpha value is -3.70. The second kappa shape index (κ2) is 7.04. The van der Waals surface area contributed by atoms with Crippen LogP contribution >= 0.6 is 0 Å². The minimum atomic E-state index is -0.516. The van der Waals surface area contributed by atoms with E-state index >= 15 is 0 Å². The van der Waals surface area contributed by atoms with Crippen LogP contribution in [0.2, 0.25) is 0 Å². The first kappa shape index (κ1) is 17.1. The molecule has 0 spiro atoms. The lowest BCUT2D eigenvalue weighted by Crippen LogP contribution is -2.21. The summed E-state index contributed by atoms with van der Waals surface area (Å²) in [7, 11) is 0. The van der Waals surface area contributed by atoms with E-state index in [0.29, 0.717) is 35.5 Å².